The molecule has 2 aromatic carbocycles. The third kappa shape index (κ3) is 3.28. The number of anilines is 1. The van der Waals surface area contributed by atoms with Gasteiger partial charge in [0.15, 0.2) is 5.75 Å². The van der Waals surface area contributed by atoms with Gasteiger partial charge in [0.25, 0.3) is 10.0 Å². The van der Waals surface area contributed by atoms with Gasteiger partial charge in [-0.25, -0.2) is 8.42 Å². The van der Waals surface area contributed by atoms with Crippen molar-refractivity contribution in [2.24, 2.45) is 0 Å². The Bertz CT molecular complexity index is 765. The fourth-order valence-electron chi connectivity index (χ4n) is 1.45. The van der Waals surface area contributed by atoms with E-state index in [2.05, 4.69) is 36.6 Å². The molecule has 8 heteroatoms. The van der Waals surface area contributed by atoms with E-state index in [0.717, 1.165) is 0 Å². The summed E-state index contributed by atoms with van der Waals surface area (Å²) in [5.41, 5.74) is 0.0884. The molecule has 0 unspecified atom stereocenters. The number of phenols is 1. The summed E-state index contributed by atoms with van der Waals surface area (Å²) in [6.45, 7) is 0. The second-order valence-electron chi connectivity index (χ2n) is 3.82. The van der Waals surface area contributed by atoms with Gasteiger partial charge in [0.05, 0.1) is 20.1 Å². The molecule has 0 aliphatic carbocycles. The van der Waals surface area contributed by atoms with Gasteiger partial charge in [-0.15, -0.1) is 0 Å². The smallest absolute Gasteiger partial charge is 0.262 e. The van der Waals surface area contributed by atoms with E-state index in [-0.39, 0.29) is 16.3 Å². The number of aromatic hydroxyl groups is 1. The second-order valence-corrected chi connectivity index (χ2v) is 7.62. The van der Waals surface area contributed by atoms with Gasteiger partial charge < -0.3 is 5.11 Å². The minimum Gasteiger partial charge on any atom is -0.505 e. The van der Waals surface area contributed by atoms with Crippen molar-refractivity contribution in [2.45, 2.75) is 4.90 Å². The molecule has 2 rings (SSSR count). The molecule has 4 nitrogen and oxygen atoms in total. The highest BCUT2D eigenvalue weighted by Gasteiger charge is 2.17. The lowest BCUT2D eigenvalue weighted by atomic mass is 10.3. The van der Waals surface area contributed by atoms with E-state index in [4.69, 9.17) is 11.6 Å². The molecule has 20 heavy (non-hydrogen) atoms. The minimum atomic E-state index is -3.81. The molecule has 2 aromatic rings. The third-order valence-electron chi connectivity index (χ3n) is 2.43. The molecule has 0 radical (unpaired) electrons. The Morgan fingerprint density at radius 2 is 1.80 bits per heavy atom. The monoisotopic (exact) mass is 439 g/mol. The number of rotatable bonds is 3. The molecular formula is C12H8Br2ClNO3S. The Hall–Kier alpha value is -0.760. The van der Waals surface area contributed by atoms with Gasteiger partial charge in [-0.2, -0.15) is 0 Å². The predicted molar refractivity (Wildman–Crippen MR) is 85.8 cm³/mol. The summed E-state index contributed by atoms with van der Waals surface area (Å²) in [5, 5.41) is 10.2. The lowest BCUT2D eigenvalue weighted by Gasteiger charge is -2.11. The average Bonchev–Trinajstić information content (AvgIpc) is 2.38. The summed E-state index contributed by atoms with van der Waals surface area (Å²) < 4.78 is 27.6. The number of hydrogen-bond acceptors (Lipinski definition) is 3. The topological polar surface area (TPSA) is 66.4 Å². The SMILES string of the molecule is O=S(=O)(Nc1cccc(Br)c1O)c1ccc(Cl)c(Br)c1. The number of benzene rings is 2. The van der Waals surface area contributed by atoms with Crippen molar-refractivity contribution < 1.29 is 13.5 Å². The zero-order chi connectivity index (χ0) is 14.9. The molecule has 0 spiro atoms. The highest BCUT2D eigenvalue weighted by molar-refractivity contribution is 9.10. The molecule has 0 aromatic heterocycles. The number of halogens is 3. The van der Waals surface area contributed by atoms with Gasteiger partial charge in [-0.3, -0.25) is 4.72 Å². The zero-order valence-corrected chi connectivity index (χ0v) is 14.5. The first-order valence-electron chi connectivity index (χ1n) is 5.26. The highest BCUT2D eigenvalue weighted by atomic mass is 79.9. The lowest BCUT2D eigenvalue weighted by molar-refractivity contribution is 0.474. The van der Waals surface area contributed by atoms with E-state index in [1.165, 1.54) is 24.3 Å². The van der Waals surface area contributed by atoms with Crippen LogP contribution >= 0.6 is 43.5 Å². The third-order valence-corrected chi connectivity index (χ3v) is 5.65. The van der Waals surface area contributed by atoms with Crippen molar-refractivity contribution in [2.75, 3.05) is 4.72 Å². The quantitative estimate of drug-likeness (QED) is 0.695. The number of sulfonamides is 1. The largest absolute Gasteiger partial charge is 0.505 e. The number of nitrogens with one attached hydrogen (secondary N) is 1. The molecule has 0 heterocycles. The molecule has 0 fully saturated rings. The highest BCUT2D eigenvalue weighted by Crippen LogP contribution is 2.33. The van der Waals surface area contributed by atoms with Crippen LogP contribution in [0.5, 0.6) is 5.75 Å². The molecule has 0 aliphatic rings. The molecule has 106 valence electrons. The van der Waals surface area contributed by atoms with Crippen LogP contribution in [0.2, 0.25) is 5.02 Å². The molecular weight excluding hydrogens is 433 g/mol. The first-order valence-corrected chi connectivity index (χ1v) is 8.71. The van der Waals surface area contributed by atoms with E-state index >= 15 is 0 Å². The van der Waals surface area contributed by atoms with Crippen LogP contribution < -0.4 is 4.72 Å². The maximum atomic E-state index is 12.2. The maximum Gasteiger partial charge on any atom is 0.262 e. The lowest BCUT2D eigenvalue weighted by Crippen LogP contribution is -2.13. The normalized spacial score (nSPS) is 11.3. The van der Waals surface area contributed by atoms with Crippen LogP contribution in [0.1, 0.15) is 0 Å². The summed E-state index contributed by atoms with van der Waals surface area (Å²) >= 11 is 12.1. The van der Waals surface area contributed by atoms with Crippen LogP contribution in [0, 0.1) is 0 Å². The fraction of sp³-hybridized carbons (Fsp3) is 0. The molecule has 0 amide bonds. The standard InChI is InChI=1S/C12H8Br2ClNO3S/c13-8-2-1-3-11(12(8)17)16-20(18,19)7-4-5-10(15)9(14)6-7/h1-6,16-17H. The Morgan fingerprint density at radius 1 is 1.10 bits per heavy atom. The average molecular weight is 442 g/mol. The predicted octanol–water partition coefficient (Wildman–Crippen LogP) is 4.37. The van der Waals surface area contributed by atoms with Gasteiger partial charge in [0.2, 0.25) is 0 Å². The number of hydrogen-bond donors (Lipinski definition) is 2. The van der Waals surface area contributed by atoms with Gasteiger partial charge in [0, 0.05) is 4.47 Å². The Morgan fingerprint density at radius 3 is 2.45 bits per heavy atom. The Balaban J connectivity index is 2.41. The van der Waals surface area contributed by atoms with Crippen LogP contribution in [-0.2, 0) is 10.0 Å². The molecule has 0 aliphatic heterocycles. The summed E-state index contributed by atoms with van der Waals surface area (Å²) in [6.07, 6.45) is 0. The van der Waals surface area contributed by atoms with E-state index in [0.29, 0.717) is 14.0 Å². The first-order chi connectivity index (χ1) is 9.31. The Kier molecular flexibility index (Phi) is 4.63. The van der Waals surface area contributed by atoms with E-state index < -0.39 is 10.0 Å². The van der Waals surface area contributed by atoms with Crippen LogP contribution in [0.4, 0.5) is 5.69 Å². The van der Waals surface area contributed by atoms with Crippen LogP contribution in [-0.4, -0.2) is 13.5 Å². The van der Waals surface area contributed by atoms with Crippen LogP contribution in [0.25, 0.3) is 0 Å². The molecule has 0 saturated heterocycles. The van der Waals surface area contributed by atoms with Crippen molar-refractivity contribution in [3.8, 4) is 5.75 Å². The van der Waals surface area contributed by atoms with Crippen molar-refractivity contribution in [1.82, 2.24) is 0 Å². The van der Waals surface area contributed by atoms with Crippen LogP contribution in [0.15, 0.2) is 50.2 Å². The van der Waals surface area contributed by atoms with E-state index in [1.54, 1.807) is 12.1 Å². The number of phenolic OH excluding ortho intramolecular Hbond substituents is 1. The van der Waals surface area contributed by atoms with E-state index in [1.807, 2.05) is 0 Å². The van der Waals surface area contributed by atoms with Crippen molar-refractivity contribution in [1.29, 1.82) is 0 Å². The molecule has 0 atom stereocenters. The summed E-state index contributed by atoms with van der Waals surface area (Å²) in [6, 6.07) is 8.92. The van der Waals surface area contributed by atoms with Crippen molar-refractivity contribution in [3.63, 3.8) is 0 Å². The van der Waals surface area contributed by atoms with Crippen molar-refractivity contribution >= 4 is 59.2 Å². The van der Waals surface area contributed by atoms with Gasteiger partial charge >= 0.3 is 0 Å². The number of para-hydroxylation sites is 1. The summed E-state index contributed by atoms with van der Waals surface area (Å²) in [7, 11) is -3.81. The minimum absolute atomic E-state index is 0.0353. The van der Waals surface area contributed by atoms with Crippen LogP contribution in [0.3, 0.4) is 0 Å². The van der Waals surface area contributed by atoms with Gasteiger partial charge in [0.1, 0.15) is 0 Å². The van der Waals surface area contributed by atoms with E-state index in [9.17, 15) is 13.5 Å². The zero-order valence-electron chi connectivity index (χ0n) is 9.77. The molecule has 0 bridgehead atoms. The summed E-state index contributed by atoms with van der Waals surface area (Å²) in [5.74, 6) is -0.177. The van der Waals surface area contributed by atoms with Gasteiger partial charge in [-0.05, 0) is 62.2 Å². The van der Waals surface area contributed by atoms with Gasteiger partial charge in [-0.1, -0.05) is 17.7 Å². The maximum absolute atomic E-state index is 12.2. The van der Waals surface area contributed by atoms with Crippen molar-refractivity contribution in [3.05, 3.63) is 50.4 Å². The first kappa shape index (κ1) is 15.6. The Labute approximate surface area is 138 Å². The molecule has 0 saturated carbocycles. The molecule has 2 N–H and O–H groups in total. The fourth-order valence-corrected chi connectivity index (χ4v) is 3.55. The second kappa shape index (κ2) is 5.93. The summed E-state index contributed by atoms with van der Waals surface area (Å²) in [4.78, 5) is 0.0353.